The van der Waals surface area contributed by atoms with Crippen LogP contribution in [0, 0.1) is 0 Å². The van der Waals surface area contributed by atoms with Crippen LogP contribution in [-0.4, -0.2) is 76.8 Å². The van der Waals surface area contributed by atoms with Crippen molar-refractivity contribution in [3.8, 4) is 11.1 Å². The van der Waals surface area contributed by atoms with Crippen molar-refractivity contribution in [3.63, 3.8) is 0 Å². The van der Waals surface area contributed by atoms with Gasteiger partial charge < -0.3 is 9.80 Å². The van der Waals surface area contributed by atoms with Crippen molar-refractivity contribution in [1.29, 1.82) is 0 Å². The number of hydrogen-bond acceptors (Lipinski definition) is 5. The topological polar surface area (TPSA) is 56.8 Å². The van der Waals surface area contributed by atoms with Gasteiger partial charge in [-0.2, -0.15) is 0 Å². The number of likely N-dealkylation sites (tertiary alicyclic amines) is 1. The second-order valence-corrected chi connectivity index (χ2v) is 10.1. The van der Waals surface area contributed by atoms with E-state index in [-0.39, 0.29) is 11.8 Å². The van der Waals surface area contributed by atoms with Crippen molar-refractivity contribution in [2.75, 3.05) is 39.3 Å². The first-order valence-corrected chi connectivity index (χ1v) is 12.8. The molecule has 3 aromatic carbocycles. The molecule has 2 saturated heterocycles. The lowest BCUT2D eigenvalue weighted by Gasteiger charge is -2.48. The van der Waals surface area contributed by atoms with Crippen LogP contribution in [0.4, 0.5) is 0 Å². The molecule has 0 unspecified atom stereocenters. The Labute approximate surface area is 208 Å². The fourth-order valence-electron chi connectivity index (χ4n) is 4.96. The third-order valence-corrected chi connectivity index (χ3v) is 7.86. The Kier molecular flexibility index (Phi) is 5.80. The molecule has 6 rings (SSSR count). The van der Waals surface area contributed by atoms with Crippen LogP contribution in [0.3, 0.4) is 0 Å². The van der Waals surface area contributed by atoms with Gasteiger partial charge in [0.15, 0.2) is 5.01 Å². The molecule has 0 N–H and O–H groups in total. The van der Waals surface area contributed by atoms with Crippen LogP contribution in [-0.2, 0) is 0 Å². The number of rotatable bonds is 4. The summed E-state index contributed by atoms with van der Waals surface area (Å²) in [5.41, 5.74) is 2.99. The zero-order valence-corrected chi connectivity index (χ0v) is 20.2. The molecule has 176 valence electrons. The molecule has 0 aliphatic carbocycles. The molecule has 7 heteroatoms. The first kappa shape index (κ1) is 21.9. The molecule has 2 amide bonds. The van der Waals surface area contributed by atoms with Gasteiger partial charge in [0.2, 0.25) is 0 Å². The fraction of sp³-hybridized carbons (Fsp3) is 0.250. The summed E-state index contributed by atoms with van der Waals surface area (Å²) in [4.78, 5) is 35.8. The summed E-state index contributed by atoms with van der Waals surface area (Å²) in [7, 11) is 0. The van der Waals surface area contributed by atoms with E-state index in [4.69, 9.17) is 0 Å². The predicted octanol–water partition coefficient (Wildman–Crippen LogP) is 4.25. The summed E-state index contributed by atoms with van der Waals surface area (Å²) in [6, 6.07) is 23.1. The predicted molar refractivity (Wildman–Crippen MR) is 139 cm³/mol. The van der Waals surface area contributed by atoms with Crippen molar-refractivity contribution in [2.45, 2.75) is 6.04 Å². The molecule has 0 spiro atoms. The van der Waals surface area contributed by atoms with Gasteiger partial charge in [0.05, 0.1) is 0 Å². The highest BCUT2D eigenvalue weighted by atomic mass is 32.1. The van der Waals surface area contributed by atoms with Gasteiger partial charge >= 0.3 is 0 Å². The molecule has 35 heavy (non-hydrogen) atoms. The average Bonchev–Trinajstić information content (AvgIpc) is 3.43. The molecule has 6 nitrogen and oxygen atoms in total. The lowest BCUT2D eigenvalue weighted by Crippen LogP contribution is -2.64. The maximum Gasteiger partial charge on any atom is 0.282 e. The minimum Gasteiger partial charge on any atom is -0.335 e. The van der Waals surface area contributed by atoms with E-state index in [1.807, 2.05) is 45.5 Å². The van der Waals surface area contributed by atoms with Gasteiger partial charge in [-0.05, 0) is 40.1 Å². The van der Waals surface area contributed by atoms with Crippen LogP contribution in [0.1, 0.15) is 20.2 Å². The molecular weight excluding hydrogens is 456 g/mol. The van der Waals surface area contributed by atoms with Crippen LogP contribution >= 0.6 is 11.3 Å². The van der Waals surface area contributed by atoms with Crippen LogP contribution < -0.4 is 0 Å². The zero-order chi connectivity index (χ0) is 23.8. The largest absolute Gasteiger partial charge is 0.335 e. The fourth-order valence-corrected chi connectivity index (χ4v) is 5.57. The monoisotopic (exact) mass is 482 g/mol. The summed E-state index contributed by atoms with van der Waals surface area (Å²) >= 11 is 1.39. The van der Waals surface area contributed by atoms with Gasteiger partial charge in [-0.3, -0.25) is 14.5 Å². The molecule has 2 fully saturated rings. The smallest absolute Gasteiger partial charge is 0.282 e. The molecule has 4 aromatic rings. The Hall–Kier alpha value is -3.55. The van der Waals surface area contributed by atoms with Gasteiger partial charge in [-0.15, -0.1) is 11.3 Å². The Balaban J connectivity index is 1.03. The van der Waals surface area contributed by atoms with Gasteiger partial charge in [0.25, 0.3) is 11.8 Å². The number of aromatic nitrogens is 1. The normalized spacial score (nSPS) is 16.9. The maximum atomic E-state index is 13.0. The van der Waals surface area contributed by atoms with E-state index in [1.54, 1.807) is 6.20 Å². The zero-order valence-electron chi connectivity index (χ0n) is 19.3. The van der Waals surface area contributed by atoms with E-state index in [0.717, 1.165) is 42.9 Å². The quantitative estimate of drug-likeness (QED) is 0.437. The molecule has 2 aliphatic heterocycles. The van der Waals surface area contributed by atoms with Crippen molar-refractivity contribution in [2.24, 2.45) is 0 Å². The maximum absolute atomic E-state index is 13.0. The number of carbonyl (C=O) groups is 2. The molecule has 0 bridgehead atoms. The average molecular weight is 483 g/mol. The Morgan fingerprint density at radius 2 is 1.49 bits per heavy atom. The van der Waals surface area contributed by atoms with E-state index < -0.39 is 0 Å². The minimum absolute atomic E-state index is 0.0252. The standard InChI is InChI=1S/C28H26N4O2S/c33-27(22-8-5-21(6-9-22)24-10-7-20-3-1-2-4-23(20)17-24)32-18-25(19-32)30-12-14-31(15-13-30)28(34)26-29-11-16-35-26/h1-11,16-17,25H,12-15,18-19H2. The van der Waals surface area contributed by atoms with E-state index in [0.29, 0.717) is 24.1 Å². The molecule has 1 aromatic heterocycles. The number of carbonyl (C=O) groups excluding carboxylic acids is 2. The van der Waals surface area contributed by atoms with E-state index in [2.05, 4.69) is 46.3 Å². The molecule has 0 atom stereocenters. The van der Waals surface area contributed by atoms with Gasteiger partial charge in [0, 0.05) is 62.5 Å². The molecule has 0 saturated carbocycles. The molecule has 3 heterocycles. The van der Waals surface area contributed by atoms with E-state index in [9.17, 15) is 9.59 Å². The summed E-state index contributed by atoms with van der Waals surface area (Å²) in [6.45, 7) is 4.57. The van der Waals surface area contributed by atoms with Crippen molar-refractivity contribution in [1.82, 2.24) is 19.7 Å². The lowest BCUT2D eigenvalue weighted by atomic mass is 9.99. The lowest BCUT2D eigenvalue weighted by molar-refractivity contribution is 0.00853. The van der Waals surface area contributed by atoms with E-state index >= 15 is 0 Å². The van der Waals surface area contributed by atoms with Crippen LogP contribution in [0.25, 0.3) is 21.9 Å². The van der Waals surface area contributed by atoms with Crippen LogP contribution in [0.15, 0.2) is 78.3 Å². The summed E-state index contributed by atoms with van der Waals surface area (Å²) < 4.78 is 0. The first-order valence-electron chi connectivity index (χ1n) is 12.0. The van der Waals surface area contributed by atoms with Gasteiger partial charge in [0.1, 0.15) is 0 Å². The third kappa shape index (κ3) is 4.33. The van der Waals surface area contributed by atoms with Crippen molar-refractivity contribution < 1.29 is 9.59 Å². The third-order valence-electron chi connectivity index (χ3n) is 7.10. The second-order valence-electron chi connectivity index (χ2n) is 9.17. The summed E-state index contributed by atoms with van der Waals surface area (Å²) in [5, 5.41) is 4.83. The van der Waals surface area contributed by atoms with Crippen molar-refractivity contribution >= 4 is 33.9 Å². The number of piperazine rings is 1. The van der Waals surface area contributed by atoms with Crippen LogP contribution in [0.2, 0.25) is 0 Å². The summed E-state index contributed by atoms with van der Waals surface area (Å²) in [5.74, 6) is 0.112. The van der Waals surface area contributed by atoms with Crippen LogP contribution in [0.5, 0.6) is 0 Å². The Morgan fingerprint density at radius 3 is 2.20 bits per heavy atom. The number of benzene rings is 3. The van der Waals surface area contributed by atoms with E-state index in [1.165, 1.54) is 22.1 Å². The summed E-state index contributed by atoms with van der Waals surface area (Å²) in [6.07, 6.45) is 1.67. The van der Waals surface area contributed by atoms with Crippen molar-refractivity contribution in [3.05, 3.63) is 88.9 Å². The second kappa shape index (κ2) is 9.24. The number of hydrogen-bond donors (Lipinski definition) is 0. The number of nitrogens with zero attached hydrogens (tertiary/aromatic N) is 4. The number of thiazole rings is 1. The molecule has 0 radical (unpaired) electrons. The van der Waals surface area contributed by atoms with Gasteiger partial charge in [-0.25, -0.2) is 4.98 Å². The molecular formula is C28H26N4O2S. The minimum atomic E-state index is 0.0252. The highest BCUT2D eigenvalue weighted by Crippen LogP contribution is 2.26. The number of fused-ring (bicyclic) bond motifs is 1. The highest BCUT2D eigenvalue weighted by Gasteiger charge is 2.37. The SMILES string of the molecule is O=C(c1ccc(-c2ccc3ccccc3c2)cc1)N1CC(N2CCN(C(=O)c3nccs3)CC2)C1. The van der Waals surface area contributed by atoms with Gasteiger partial charge in [-0.1, -0.05) is 48.5 Å². The highest BCUT2D eigenvalue weighted by molar-refractivity contribution is 7.11. The number of amides is 2. The first-order chi connectivity index (χ1) is 17.2. The Bertz CT molecular complexity index is 1360. The Morgan fingerprint density at radius 1 is 0.771 bits per heavy atom. The molecule has 2 aliphatic rings.